The summed E-state index contributed by atoms with van der Waals surface area (Å²) >= 11 is 0. The highest BCUT2D eigenvalue weighted by molar-refractivity contribution is 4.98. The second-order valence-electron chi connectivity index (χ2n) is 6.33. The molecule has 0 bridgehead atoms. The van der Waals surface area contributed by atoms with Gasteiger partial charge in [0.1, 0.15) is 0 Å². The first-order chi connectivity index (χ1) is 8.91. The highest BCUT2D eigenvalue weighted by Crippen LogP contribution is 2.17. The molecule has 0 spiro atoms. The molecule has 0 aromatic heterocycles. The van der Waals surface area contributed by atoms with Gasteiger partial charge in [0.2, 0.25) is 0 Å². The lowest BCUT2D eigenvalue weighted by molar-refractivity contribution is 0.186. The van der Waals surface area contributed by atoms with Crippen molar-refractivity contribution < 1.29 is 5.11 Å². The van der Waals surface area contributed by atoms with Gasteiger partial charge in [-0.2, -0.15) is 0 Å². The molecule has 0 aliphatic heterocycles. The van der Waals surface area contributed by atoms with Crippen molar-refractivity contribution in [2.45, 2.75) is 85.7 Å². The molecule has 0 amide bonds. The molecule has 1 nitrogen and oxygen atoms in total. The van der Waals surface area contributed by atoms with E-state index in [1.165, 1.54) is 43.3 Å². The summed E-state index contributed by atoms with van der Waals surface area (Å²) in [5.74, 6) is 0.834. The Balaban J connectivity index is 3.63. The molecule has 0 aromatic carbocycles. The Bertz CT molecular complexity index is 269. The number of hydrogen-bond donors (Lipinski definition) is 1. The molecular formula is C18H34O. The van der Waals surface area contributed by atoms with Crippen LogP contribution < -0.4 is 0 Å². The maximum absolute atomic E-state index is 9.20. The molecule has 0 heterocycles. The molecule has 0 aromatic rings. The largest absolute Gasteiger partial charge is 0.393 e. The summed E-state index contributed by atoms with van der Waals surface area (Å²) in [5, 5.41) is 9.20. The van der Waals surface area contributed by atoms with Crippen LogP contribution in [0.15, 0.2) is 23.3 Å². The average molecular weight is 266 g/mol. The molecule has 0 aliphatic carbocycles. The van der Waals surface area contributed by atoms with Crippen LogP contribution in [0.25, 0.3) is 0 Å². The van der Waals surface area contributed by atoms with Gasteiger partial charge >= 0.3 is 0 Å². The standard InChI is InChI=1S/C18H34O/c1-15(2)9-6-10-16(3)11-7-12-17(4)13-8-14-18(5)19/h9,13,16,18-19H,6-8,10-12,14H2,1-5H3/b17-13+. The summed E-state index contributed by atoms with van der Waals surface area (Å²) in [5.41, 5.74) is 2.92. The summed E-state index contributed by atoms with van der Waals surface area (Å²) in [6.45, 7) is 10.8. The SMILES string of the molecule is CC(C)=CCCC(C)CCC/C(C)=C/CCC(C)O. The van der Waals surface area contributed by atoms with Crippen molar-refractivity contribution in [1.82, 2.24) is 0 Å². The minimum atomic E-state index is -0.167. The van der Waals surface area contributed by atoms with Gasteiger partial charge in [-0.15, -0.1) is 0 Å². The van der Waals surface area contributed by atoms with E-state index in [2.05, 4.69) is 39.8 Å². The number of hydrogen-bond acceptors (Lipinski definition) is 1. The Morgan fingerprint density at radius 1 is 0.947 bits per heavy atom. The average Bonchev–Trinajstić information content (AvgIpc) is 2.27. The van der Waals surface area contributed by atoms with Crippen LogP contribution in [0.1, 0.15) is 79.6 Å². The van der Waals surface area contributed by atoms with E-state index in [1.54, 1.807) is 0 Å². The Morgan fingerprint density at radius 3 is 2.16 bits per heavy atom. The highest BCUT2D eigenvalue weighted by Gasteiger charge is 2.01. The van der Waals surface area contributed by atoms with Gasteiger partial charge < -0.3 is 5.11 Å². The van der Waals surface area contributed by atoms with E-state index in [1.807, 2.05) is 6.92 Å². The molecule has 2 atom stereocenters. The molecule has 0 aliphatic rings. The Morgan fingerprint density at radius 2 is 1.58 bits per heavy atom. The Kier molecular flexibility index (Phi) is 10.9. The van der Waals surface area contributed by atoms with Crippen molar-refractivity contribution in [3.05, 3.63) is 23.3 Å². The third kappa shape index (κ3) is 13.7. The summed E-state index contributed by atoms with van der Waals surface area (Å²) in [6, 6.07) is 0. The number of aliphatic hydroxyl groups is 1. The van der Waals surface area contributed by atoms with Crippen LogP contribution in [-0.4, -0.2) is 11.2 Å². The molecule has 0 radical (unpaired) electrons. The maximum atomic E-state index is 9.20. The molecule has 0 fully saturated rings. The first kappa shape index (κ1) is 18.4. The fourth-order valence-electron chi connectivity index (χ4n) is 2.20. The predicted octanol–water partition coefficient (Wildman–Crippen LogP) is 5.65. The molecule has 1 heteroatoms. The van der Waals surface area contributed by atoms with Gasteiger partial charge in [-0.25, -0.2) is 0 Å². The second kappa shape index (κ2) is 11.3. The third-order valence-corrected chi connectivity index (χ3v) is 3.56. The summed E-state index contributed by atoms with van der Waals surface area (Å²) in [7, 11) is 0. The van der Waals surface area contributed by atoms with E-state index in [0.717, 1.165) is 18.8 Å². The van der Waals surface area contributed by atoms with Crippen molar-refractivity contribution in [1.29, 1.82) is 0 Å². The lowest BCUT2D eigenvalue weighted by Crippen LogP contribution is -1.97. The van der Waals surface area contributed by atoms with Crippen molar-refractivity contribution >= 4 is 0 Å². The Hall–Kier alpha value is -0.560. The molecular weight excluding hydrogens is 232 g/mol. The van der Waals surface area contributed by atoms with Crippen molar-refractivity contribution in [3.63, 3.8) is 0 Å². The third-order valence-electron chi connectivity index (χ3n) is 3.56. The molecule has 19 heavy (non-hydrogen) atoms. The quantitative estimate of drug-likeness (QED) is 0.507. The zero-order valence-corrected chi connectivity index (χ0v) is 13.7. The van der Waals surface area contributed by atoms with Gasteiger partial charge in [-0.3, -0.25) is 0 Å². The zero-order chi connectivity index (χ0) is 14.7. The van der Waals surface area contributed by atoms with E-state index < -0.39 is 0 Å². The van der Waals surface area contributed by atoms with Gasteiger partial charge in [0.05, 0.1) is 6.10 Å². The molecule has 1 N–H and O–H groups in total. The topological polar surface area (TPSA) is 20.2 Å². The van der Waals surface area contributed by atoms with Crippen molar-refractivity contribution in [2.24, 2.45) is 5.92 Å². The second-order valence-corrected chi connectivity index (χ2v) is 6.33. The lowest BCUT2D eigenvalue weighted by Gasteiger charge is -2.10. The zero-order valence-electron chi connectivity index (χ0n) is 13.7. The molecule has 0 rings (SSSR count). The maximum Gasteiger partial charge on any atom is 0.0515 e. The van der Waals surface area contributed by atoms with Gasteiger partial charge in [0.15, 0.2) is 0 Å². The van der Waals surface area contributed by atoms with Gasteiger partial charge in [-0.05, 0) is 72.1 Å². The minimum Gasteiger partial charge on any atom is -0.393 e. The van der Waals surface area contributed by atoms with Gasteiger partial charge in [-0.1, -0.05) is 36.6 Å². The summed E-state index contributed by atoms with van der Waals surface area (Å²) < 4.78 is 0. The summed E-state index contributed by atoms with van der Waals surface area (Å²) in [6.07, 6.45) is 12.8. The number of rotatable bonds is 10. The molecule has 2 unspecified atom stereocenters. The van der Waals surface area contributed by atoms with Crippen LogP contribution in [0.4, 0.5) is 0 Å². The van der Waals surface area contributed by atoms with Crippen LogP contribution >= 0.6 is 0 Å². The minimum absolute atomic E-state index is 0.167. The van der Waals surface area contributed by atoms with Crippen LogP contribution in [0.3, 0.4) is 0 Å². The smallest absolute Gasteiger partial charge is 0.0515 e. The predicted molar refractivity (Wildman–Crippen MR) is 86.4 cm³/mol. The van der Waals surface area contributed by atoms with E-state index in [-0.39, 0.29) is 6.10 Å². The monoisotopic (exact) mass is 266 g/mol. The highest BCUT2D eigenvalue weighted by atomic mass is 16.3. The van der Waals surface area contributed by atoms with E-state index in [0.29, 0.717) is 0 Å². The van der Waals surface area contributed by atoms with E-state index in [4.69, 9.17) is 0 Å². The molecule has 0 saturated carbocycles. The number of allylic oxidation sites excluding steroid dienone is 4. The van der Waals surface area contributed by atoms with Crippen molar-refractivity contribution in [2.75, 3.05) is 0 Å². The van der Waals surface area contributed by atoms with E-state index >= 15 is 0 Å². The lowest BCUT2D eigenvalue weighted by atomic mass is 9.96. The van der Waals surface area contributed by atoms with Crippen LogP contribution in [0.2, 0.25) is 0 Å². The van der Waals surface area contributed by atoms with Crippen LogP contribution in [0, 0.1) is 5.92 Å². The van der Waals surface area contributed by atoms with Crippen LogP contribution in [0.5, 0.6) is 0 Å². The van der Waals surface area contributed by atoms with Gasteiger partial charge in [0.25, 0.3) is 0 Å². The fourth-order valence-corrected chi connectivity index (χ4v) is 2.20. The first-order valence-corrected chi connectivity index (χ1v) is 7.89. The Labute approximate surface area is 120 Å². The number of aliphatic hydroxyl groups excluding tert-OH is 1. The van der Waals surface area contributed by atoms with Crippen molar-refractivity contribution in [3.8, 4) is 0 Å². The van der Waals surface area contributed by atoms with Gasteiger partial charge in [0, 0.05) is 0 Å². The van der Waals surface area contributed by atoms with Crippen LogP contribution in [-0.2, 0) is 0 Å². The molecule has 0 saturated heterocycles. The molecule has 112 valence electrons. The first-order valence-electron chi connectivity index (χ1n) is 7.89. The fraction of sp³-hybridized carbons (Fsp3) is 0.778. The van der Waals surface area contributed by atoms with E-state index in [9.17, 15) is 5.11 Å². The summed E-state index contributed by atoms with van der Waals surface area (Å²) in [4.78, 5) is 0. The normalized spacial score (nSPS) is 15.2.